The van der Waals surface area contributed by atoms with Crippen molar-refractivity contribution in [3.8, 4) is 11.5 Å². The van der Waals surface area contributed by atoms with Crippen molar-refractivity contribution in [2.45, 2.75) is 33.4 Å². The quantitative estimate of drug-likeness (QED) is 0.738. The van der Waals surface area contributed by atoms with E-state index in [9.17, 15) is 10.2 Å². The second-order valence-corrected chi connectivity index (χ2v) is 4.65. The van der Waals surface area contributed by atoms with E-state index in [0.717, 1.165) is 17.0 Å². The summed E-state index contributed by atoms with van der Waals surface area (Å²) in [6.07, 6.45) is 0. The second kappa shape index (κ2) is 5.32. The molecule has 0 saturated heterocycles. The van der Waals surface area contributed by atoms with Crippen LogP contribution in [0, 0.1) is 13.8 Å². The van der Waals surface area contributed by atoms with Gasteiger partial charge in [0.1, 0.15) is 17.3 Å². The number of nitrogens with one attached hydrogen (secondary N) is 1. The molecule has 0 bridgehead atoms. The number of nitrogens with zero attached hydrogens (tertiary/aromatic N) is 1. The fourth-order valence-corrected chi connectivity index (χ4v) is 2.01. The zero-order valence-corrected chi connectivity index (χ0v) is 11.3. The van der Waals surface area contributed by atoms with Crippen LogP contribution in [0.1, 0.15) is 35.5 Å². The Morgan fingerprint density at radius 2 is 2.05 bits per heavy atom. The van der Waals surface area contributed by atoms with E-state index < -0.39 is 0 Å². The van der Waals surface area contributed by atoms with Crippen molar-refractivity contribution in [2.75, 3.05) is 0 Å². The van der Waals surface area contributed by atoms with Crippen molar-refractivity contribution >= 4 is 0 Å². The summed E-state index contributed by atoms with van der Waals surface area (Å²) in [5, 5.41) is 26.4. The molecule has 1 aromatic heterocycles. The van der Waals surface area contributed by atoms with Gasteiger partial charge >= 0.3 is 0 Å². The van der Waals surface area contributed by atoms with Gasteiger partial charge in [-0.1, -0.05) is 5.16 Å². The molecule has 3 N–H and O–H groups in total. The van der Waals surface area contributed by atoms with Crippen molar-refractivity contribution in [2.24, 2.45) is 0 Å². The van der Waals surface area contributed by atoms with E-state index in [1.165, 1.54) is 12.1 Å². The van der Waals surface area contributed by atoms with E-state index in [-0.39, 0.29) is 17.5 Å². The Morgan fingerprint density at radius 3 is 2.68 bits per heavy atom. The molecule has 0 fully saturated rings. The summed E-state index contributed by atoms with van der Waals surface area (Å²) in [6.45, 7) is 6.28. The first kappa shape index (κ1) is 13.4. The molecule has 1 heterocycles. The standard InChI is InChI=1S/C14H18N2O3/c1-8(12-6-11(17)4-5-14(12)18)15-7-13-9(2)16-19-10(13)3/h4-6,8,15,17-18H,7H2,1-3H3. The van der Waals surface area contributed by atoms with Gasteiger partial charge in [0.25, 0.3) is 0 Å². The van der Waals surface area contributed by atoms with Gasteiger partial charge in [-0.15, -0.1) is 0 Å². The highest BCUT2D eigenvalue weighted by molar-refractivity contribution is 5.40. The molecule has 0 aliphatic heterocycles. The topological polar surface area (TPSA) is 78.5 Å². The first-order valence-electron chi connectivity index (χ1n) is 6.16. The van der Waals surface area contributed by atoms with Gasteiger partial charge < -0.3 is 20.1 Å². The van der Waals surface area contributed by atoms with Gasteiger partial charge in [0, 0.05) is 23.7 Å². The average molecular weight is 262 g/mol. The second-order valence-electron chi connectivity index (χ2n) is 4.65. The third-order valence-electron chi connectivity index (χ3n) is 3.24. The highest BCUT2D eigenvalue weighted by Gasteiger charge is 2.14. The Bertz CT molecular complexity index is 559. The largest absolute Gasteiger partial charge is 0.508 e. The molecule has 2 aromatic rings. The van der Waals surface area contributed by atoms with E-state index in [1.807, 2.05) is 20.8 Å². The summed E-state index contributed by atoms with van der Waals surface area (Å²) in [4.78, 5) is 0. The SMILES string of the molecule is Cc1noc(C)c1CNC(C)c1cc(O)ccc1O. The summed E-state index contributed by atoms with van der Waals surface area (Å²) in [6, 6.07) is 4.40. The van der Waals surface area contributed by atoms with E-state index in [0.29, 0.717) is 12.1 Å². The van der Waals surface area contributed by atoms with E-state index in [2.05, 4.69) is 10.5 Å². The molecule has 1 unspecified atom stereocenters. The summed E-state index contributed by atoms with van der Waals surface area (Å²) in [5.41, 5.74) is 2.54. The molecule has 2 rings (SSSR count). The maximum absolute atomic E-state index is 9.79. The molecule has 0 saturated carbocycles. The highest BCUT2D eigenvalue weighted by atomic mass is 16.5. The Kier molecular flexibility index (Phi) is 3.76. The van der Waals surface area contributed by atoms with Crippen LogP contribution in [0.5, 0.6) is 11.5 Å². The third kappa shape index (κ3) is 2.88. The molecule has 0 amide bonds. The first-order chi connectivity index (χ1) is 8.99. The van der Waals surface area contributed by atoms with Crippen LogP contribution >= 0.6 is 0 Å². The molecular weight excluding hydrogens is 244 g/mol. The molecule has 5 nitrogen and oxygen atoms in total. The van der Waals surface area contributed by atoms with Gasteiger partial charge in [-0.25, -0.2) is 0 Å². The summed E-state index contributed by atoms with van der Waals surface area (Å²) < 4.78 is 5.10. The summed E-state index contributed by atoms with van der Waals surface area (Å²) in [5.74, 6) is 1.09. The lowest BCUT2D eigenvalue weighted by Crippen LogP contribution is -2.18. The molecule has 0 radical (unpaired) electrons. The zero-order chi connectivity index (χ0) is 14.0. The number of rotatable bonds is 4. The van der Waals surface area contributed by atoms with Gasteiger partial charge in [0.15, 0.2) is 0 Å². The molecule has 1 atom stereocenters. The predicted molar refractivity (Wildman–Crippen MR) is 71.0 cm³/mol. The van der Waals surface area contributed by atoms with Crippen LogP contribution in [0.2, 0.25) is 0 Å². The van der Waals surface area contributed by atoms with Crippen molar-refractivity contribution in [1.29, 1.82) is 0 Å². The predicted octanol–water partition coefficient (Wildman–Crippen LogP) is 2.55. The minimum atomic E-state index is -0.0965. The molecule has 0 aliphatic rings. The number of aromatic hydroxyl groups is 2. The van der Waals surface area contributed by atoms with Gasteiger partial charge in [-0.2, -0.15) is 0 Å². The van der Waals surface area contributed by atoms with Gasteiger partial charge in [0.2, 0.25) is 0 Å². The molecule has 19 heavy (non-hydrogen) atoms. The lowest BCUT2D eigenvalue weighted by Gasteiger charge is -2.15. The lowest BCUT2D eigenvalue weighted by molar-refractivity contribution is 0.391. The maximum atomic E-state index is 9.79. The minimum absolute atomic E-state index is 0.0965. The molecule has 0 spiro atoms. The molecular formula is C14H18N2O3. The third-order valence-corrected chi connectivity index (χ3v) is 3.24. The smallest absolute Gasteiger partial charge is 0.138 e. The van der Waals surface area contributed by atoms with Crippen molar-refractivity contribution in [3.63, 3.8) is 0 Å². The summed E-state index contributed by atoms with van der Waals surface area (Å²) >= 11 is 0. The number of aromatic nitrogens is 1. The number of aryl methyl sites for hydroxylation is 2. The monoisotopic (exact) mass is 262 g/mol. The number of hydrogen-bond donors (Lipinski definition) is 3. The maximum Gasteiger partial charge on any atom is 0.138 e. The number of hydrogen-bond acceptors (Lipinski definition) is 5. The van der Waals surface area contributed by atoms with Gasteiger partial charge in [-0.3, -0.25) is 0 Å². The van der Waals surface area contributed by atoms with Crippen LogP contribution in [0.25, 0.3) is 0 Å². The Hall–Kier alpha value is -2.01. The molecule has 102 valence electrons. The van der Waals surface area contributed by atoms with Crippen LogP contribution in [-0.2, 0) is 6.54 Å². The Morgan fingerprint density at radius 1 is 1.32 bits per heavy atom. The van der Waals surface area contributed by atoms with E-state index in [4.69, 9.17) is 4.52 Å². The van der Waals surface area contributed by atoms with Crippen molar-refractivity contribution < 1.29 is 14.7 Å². The van der Waals surface area contributed by atoms with Crippen LogP contribution in [-0.4, -0.2) is 15.4 Å². The first-order valence-corrected chi connectivity index (χ1v) is 6.16. The van der Waals surface area contributed by atoms with Crippen LogP contribution < -0.4 is 5.32 Å². The van der Waals surface area contributed by atoms with Crippen LogP contribution in [0.15, 0.2) is 22.7 Å². The van der Waals surface area contributed by atoms with Crippen molar-refractivity contribution in [3.05, 3.63) is 40.8 Å². The fourth-order valence-electron chi connectivity index (χ4n) is 2.01. The Labute approximate surface area is 111 Å². The van der Waals surface area contributed by atoms with E-state index >= 15 is 0 Å². The average Bonchev–Trinajstić information content (AvgIpc) is 2.69. The normalized spacial score (nSPS) is 12.6. The number of benzene rings is 1. The molecule has 5 heteroatoms. The molecule has 1 aromatic carbocycles. The van der Waals surface area contributed by atoms with Gasteiger partial charge in [-0.05, 0) is 39.0 Å². The highest BCUT2D eigenvalue weighted by Crippen LogP contribution is 2.28. The van der Waals surface area contributed by atoms with Gasteiger partial charge in [0.05, 0.1) is 5.69 Å². The van der Waals surface area contributed by atoms with E-state index in [1.54, 1.807) is 6.07 Å². The van der Waals surface area contributed by atoms with Crippen LogP contribution in [0.3, 0.4) is 0 Å². The van der Waals surface area contributed by atoms with Crippen molar-refractivity contribution in [1.82, 2.24) is 10.5 Å². The minimum Gasteiger partial charge on any atom is -0.508 e. The molecule has 0 aliphatic carbocycles. The zero-order valence-electron chi connectivity index (χ0n) is 11.3. The number of phenols is 2. The Balaban J connectivity index is 2.09. The number of phenolic OH excluding ortho intramolecular Hbond substituents is 2. The lowest BCUT2D eigenvalue weighted by atomic mass is 10.1. The summed E-state index contributed by atoms with van der Waals surface area (Å²) in [7, 11) is 0. The fraction of sp³-hybridized carbons (Fsp3) is 0.357. The van der Waals surface area contributed by atoms with Crippen LogP contribution in [0.4, 0.5) is 0 Å².